The van der Waals surface area contributed by atoms with Gasteiger partial charge in [0, 0.05) is 34.4 Å². The molecule has 2 amide bonds. The van der Waals surface area contributed by atoms with Crippen LogP contribution >= 0.6 is 23.4 Å². The van der Waals surface area contributed by atoms with Crippen LogP contribution in [0.15, 0.2) is 52.3 Å². The number of carbonyl (C=O) groups is 2. The molecular formula is C25H29ClN3O2S+. The van der Waals surface area contributed by atoms with Crippen LogP contribution < -0.4 is 15.5 Å². The van der Waals surface area contributed by atoms with Crippen molar-refractivity contribution in [2.24, 2.45) is 5.92 Å². The molecule has 5 nitrogen and oxygen atoms in total. The summed E-state index contributed by atoms with van der Waals surface area (Å²) in [4.78, 5) is 28.3. The molecule has 32 heavy (non-hydrogen) atoms. The van der Waals surface area contributed by atoms with Crippen molar-refractivity contribution in [3.8, 4) is 0 Å². The Morgan fingerprint density at radius 2 is 2.19 bits per heavy atom. The van der Waals surface area contributed by atoms with Crippen LogP contribution in [0.5, 0.6) is 0 Å². The number of likely N-dealkylation sites (tertiary alicyclic amines) is 1. The third kappa shape index (κ3) is 5.94. The number of fused-ring (bicyclic) bond motifs is 1. The zero-order valence-electron chi connectivity index (χ0n) is 18.2. The fourth-order valence-electron chi connectivity index (χ4n) is 4.32. The fourth-order valence-corrected chi connectivity index (χ4v) is 5.45. The van der Waals surface area contributed by atoms with Gasteiger partial charge in [-0.1, -0.05) is 42.4 Å². The Hall–Kier alpha value is -2.28. The minimum absolute atomic E-state index is 0.102. The van der Waals surface area contributed by atoms with E-state index in [2.05, 4.69) is 17.6 Å². The molecule has 168 valence electrons. The molecule has 0 aromatic heterocycles. The number of carbonyl (C=O) groups excluding carboxylic acids is 2. The van der Waals surface area contributed by atoms with Crippen molar-refractivity contribution in [3.05, 3.63) is 63.5 Å². The maximum atomic E-state index is 12.6. The minimum Gasteiger partial charge on any atom is -0.352 e. The summed E-state index contributed by atoms with van der Waals surface area (Å²) in [6.45, 7) is 6.58. The predicted octanol–water partition coefficient (Wildman–Crippen LogP) is 3.86. The number of anilines is 1. The molecule has 4 rings (SSSR count). The summed E-state index contributed by atoms with van der Waals surface area (Å²) >= 11 is 7.44. The lowest BCUT2D eigenvalue weighted by atomic mass is 10.0. The molecule has 2 atom stereocenters. The SMILES string of the molecule is CC1CCC[NH+](CCCNC(=O)c2ccc3c(c2)NC(=O)C(=Cc2cccc(Cl)c2)S3)C1. The highest BCUT2D eigenvalue weighted by Gasteiger charge is 2.23. The maximum absolute atomic E-state index is 12.6. The zero-order valence-corrected chi connectivity index (χ0v) is 19.8. The van der Waals surface area contributed by atoms with Crippen LogP contribution in [0.1, 0.15) is 42.1 Å². The van der Waals surface area contributed by atoms with Gasteiger partial charge in [-0.25, -0.2) is 0 Å². The van der Waals surface area contributed by atoms with Crippen molar-refractivity contribution in [2.75, 3.05) is 31.5 Å². The van der Waals surface area contributed by atoms with Gasteiger partial charge >= 0.3 is 0 Å². The number of halogens is 1. The Morgan fingerprint density at radius 1 is 1.31 bits per heavy atom. The zero-order chi connectivity index (χ0) is 22.5. The van der Waals surface area contributed by atoms with E-state index in [9.17, 15) is 9.59 Å². The summed E-state index contributed by atoms with van der Waals surface area (Å²) in [6, 6.07) is 12.8. The average molecular weight is 471 g/mol. The first-order valence-electron chi connectivity index (χ1n) is 11.2. The van der Waals surface area contributed by atoms with Crippen molar-refractivity contribution >= 4 is 46.9 Å². The summed E-state index contributed by atoms with van der Waals surface area (Å²) in [5, 5.41) is 6.56. The molecule has 2 aromatic carbocycles. The van der Waals surface area contributed by atoms with Crippen molar-refractivity contribution in [2.45, 2.75) is 31.1 Å². The molecule has 0 radical (unpaired) electrons. The lowest BCUT2D eigenvalue weighted by Gasteiger charge is -2.27. The Kier molecular flexibility index (Phi) is 7.55. The van der Waals surface area contributed by atoms with Gasteiger partial charge in [-0.3, -0.25) is 9.59 Å². The molecule has 3 N–H and O–H groups in total. The minimum atomic E-state index is -0.182. The summed E-state index contributed by atoms with van der Waals surface area (Å²) in [7, 11) is 0. The Morgan fingerprint density at radius 3 is 3.00 bits per heavy atom. The lowest BCUT2D eigenvalue weighted by molar-refractivity contribution is -0.908. The number of hydrogen-bond acceptors (Lipinski definition) is 3. The van der Waals surface area contributed by atoms with Gasteiger partial charge in [-0.15, -0.1) is 0 Å². The molecular weight excluding hydrogens is 442 g/mol. The summed E-state index contributed by atoms with van der Waals surface area (Å²) in [6.07, 6.45) is 5.44. The number of thioether (sulfide) groups is 1. The predicted molar refractivity (Wildman–Crippen MR) is 131 cm³/mol. The van der Waals surface area contributed by atoms with Gasteiger partial charge in [0.05, 0.1) is 30.2 Å². The molecule has 1 saturated heterocycles. The number of amides is 2. The van der Waals surface area contributed by atoms with Crippen LogP contribution in [0.25, 0.3) is 6.08 Å². The second-order valence-corrected chi connectivity index (χ2v) is 10.2. The van der Waals surface area contributed by atoms with Crippen molar-refractivity contribution in [1.82, 2.24) is 5.32 Å². The Labute approximate surface area is 198 Å². The molecule has 2 heterocycles. The molecule has 2 aliphatic heterocycles. The Balaban J connectivity index is 1.33. The first-order chi connectivity index (χ1) is 15.5. The molecule has 2 unspecified atom stereocenters. The van der Waals surface area contributed by atoms with E-state index in [1.54, 1.807) is 17.0 Å². The van der Waals surface area contributed by atoms with Crippen LogP contribution in [-0.4, -0.2) is 38.0 Å². The van der Waals surface area contributed by atoms with Crippen molar-refractivity contribution < 1.29 is 14.5 Å². The highest BCUT2D eigenvalue weighted by Crippen LogP contribution is 2.39. The summed E-state index contributed by atoms with van der Waals surface area (Å²) in [5.41, 5.74) is 2.10. The van der Waals surface area contributed by atoms with Crippen LogP contribution in [-0.2, 0) is 4.79 Å². The first kappa shape index (κ1) is 22.9. The van der Waals surface area contributed by atoms with Gasteiger partial charge in [-0.05, 0) is 54.8 Å². The monoisotopic (exact) mass is 470 g/mol. The smallest absolute Gasteiger partial charge is 0.262 e. The van der Waals surface area contributed by atoms with Gasteiger partial charge in [0.1, 0.15) is 0 Å². The standard InChI is InChI=1S/C25H28ClN3O2S/c1-17-5-3-11-29(16-17)12-4-10-27-24(30)19-8-9-22-21(15-19)28-25(31)23(32-22)14-18-6-2-7-20(26)13-18/h2,6-9,13-15,17H,3-5,10-12,16H2,1H3,(H,27,30)(H,28,31)/p+1. The van der Waals surface area contributed by atoms with Crippen LogP contribution in [0.4, 0.5) is 5.69 Å². The number of piperidine rings is 1. The Bertz CT molecular complexity index is 1040. The van der Waals surface area contributed by atoms with E-state index in [0.717, 1.165) is 29.3 Å². The van der Waals surface area contributed by atoms with Gasteiger partial charge in [0.25, 0.3) is 11.8 Å². The number of hydrogen-bond donors (Lipinski definition) is 3. The molecule has 1 fully saturated rings. The molecule has 7 heteroatoms. The maximum Gasteiger partial charge on any atom is 0.262 e. The quantitative estimate of drug-likeness (QED) is 0.443. The second-order valence-electron chi connectivity index (χ2n) is 8.64. The van der Waals surface area contributed by atoms with Crippen LogP contribution in [0, 0.1) is 5.92 Å². The normalized spacial score (nSPS) is 21.7. The fraction of sp³-hybridized carbons (Fsp3) is 0.360. The second kappa shape index (κ2) is 10.6. The van der Waals surface area contributed by atoms with E-state index in [1.807, 2.05) is 36.4 Å². The van der Waals surface area contributed by atoms with E-state index in [1.165, 1.54) is 37.7 Å². The van der Waals surface area contributed by atoms with Crippen molar-refractivity contribution in [1.29, 1.82) is 0 Å². The van der Waals surface area contributed by atoms with E-state index in [4.69, 9.17) is 11.6 Å². The van der Waals surface area contributed by atoms with Gasteiger partial charge in [-0.2, -0.15) is 0 Å². The van der Waals surface area contributed by atoms with E-state index in [0.29, 0.717) is 27.7 Å². The van der Waals surface area contributed by atoms with Gasteiger partial charge in [0.2, 0.25) is 0 Å². The van der Waals surface area contributed by atoms with E-state index < -0.39 is 0 Å². The van der Waals surface area contributed by atoms with Gasteiger partial charge < -0.3 is 15.5 Å². The third-order valence-electron chi connectivity index (χ3n) is 5.94. The highest BCUT2D eigenvalue weighted by atomic mass is 35.5. The van der Waals surface area contributed by atoms with Crippen LogP contribution in [0.2, 0.25) is 5.02 Å². The molecule has 2 aliphatic rings. The number of quaternary nitrogens is 1. The van der Waals surface area contributed by atoms with Crippen LogP contribution in [0.3, 0.4) is 0 Å². The third-order valence-corrected chi connectivity index (χ3v) is 7.27. The first-order valence-corrected chi connectivity index (χ1v) is 12.4. The largest absolute Gasteiger partial charge is 0.352 e. The van der Waals surface area contributed by atoms with Gasteiger partial charge in [0.15, 0.2) is 0 Å². The molecule has 0 bridgehead atoms. The molecule has 0 spiro atoms. The summed E-state index contributed by atoms with van der Waals surface area (Å²) in [5.74, 6) is 0.519. The number of rotatable bonds is 6. The lowest BCUT2D eigenvalue weighted by Crippen LogP contribution is -3.13. The highest BCUT2D eigenvalue weighted by molar-refractivity contribution is 8.04. The van der Waals surface area contributed by atoms with Crippen molar-refractivity contribution in [3.63, 3.8) is 0 Å². The summed E-state index contributed by atoms with van der Waals surface area (Å²) < 4.78 is 0. The topological polar surface area (TPSA) is 62.6 Å². The van der Waals surface area contributed by atoms with E-state index >= 15 is 0 Å². The molecule has 2 aromatic rings. The number of benzene rings is 2. The molecule has 0 saturated carbocycles. The average Bonchev–Trinajstić information content (AvgIpc) is 2.77. The number of nitrogens with one attached hydrogen (secondary N) is 3. The molecule has 0 aliphatic carbocycles. The van der Waals surface area contributed by atoms with E-state index in [-0.39, 0.29) is 11.8 Å².